The largest absolute Gasteiger partial charge is 0.316 e. The molecule has 1 unspecified atom stereocenters. The van der Waals surface area contributed by atoms with Crippen molar-refractivity contribution in [1.82, 2.24) is 9.62 Å². The molecule has 1 N–H and O–H groups in total. The topological polar surface area (TPSA) is 49.4 Å². The highest BCUT2D eigenvalue weighted by molar-refractivity contribution is 9.10. The molecule has 1 aromatic carbocycles. The summed E-state index contributed by atoms with van der Waals surface area (Å²) < 4.78 is 28.5. The van der Waals surface area contributed by atoms with Crippen molar-refractivity contribution in [3.8, 4) is 0 Å². The van der Waals surface area contributed by atoms with Gasteiger partial charge in [-0.1, -0.05) is 15.9 Å². The number of nitrogens with zero attached hydrogens (tertiary/aromatic N) is 1. The molecule has 7 heteroatoms. The predicted molar refractivity (Wildman–Crippen MR) is 92.3 cm³/mol. The van der Waals surface area contributed by atoms with E-state index in [1.54, 1.807) is 10.4 Å². The maximum absolute atomic E-state index is 13.0. The molecule has 0 bridgehead atoms. The van der Waals surface area contributed by atoms with Crippen LogP contribution < -0.4 is 5.32 Å². The molecular formula is C14H21BrN2O2S2. The number of sulfonamides is 1. The maximum Gasteiger partial charge on any atom is 0.243 e. The van der Waals surface area contributed by atoms with Crippen LogP contribution in [0.3, 0.4) is 0 Å². The summed E-state index contributed by atoms with van der Waals surface area (Å²) in [4.78, 5) is 0.417. The minimum absolute atomic E-state index is 0.0416. The summed E-state index contributed by atoms with van der Waals surface area (Å²) in [6, 6.07) is 3.81. The fourth-order valence-electron chi connectivity index (χ4n) is 2.48. The molecule has 2 rings (SSSR count). The van der Waals surface area contributed by atoms with Crippen molar-refractivity contribution >= 4 is 37.7 Å². The highest BCUT2D eigenvalue weighted by atomic mass is 79.9. The zero-order valence-electron chi connectivity index (χ0n) is 12.5. The van der Waals surface area contributed by atoms with Crippen LogP contribution in [0.4, 0.5) is 0 Å². The molecule has 118 valence electrons. The second-order valence-corrected chi connectivity index (χ2v) is 9.13. The quantitative estimate of drug-likeness (QED) is 0.855. The lowest BCUT2D eigenvalue weighted by atomic mass is 10.1. The Morgan fingerprint density at radius 2 is 2.19 bits per heavy atom. The summed E-state index contributed by atoms with van der Waals surface area (Å²) >= 11 is 5.29. The molecule has 1 fully saturated rings. The number of nitrogens with one attached hydrogen (secondary N) is 1. The second-order valence-electron chi connectivity index (χ2n) is 5.27. The highest BCUT2D eigenvalue weighted by Gasteiger charge is 2.32. The van der Waals surface area contributed by atoms with Crippen molar-refractivity contribution in [2.24, 2.45) is 0 Å². The molecule has 0 amide bonds. The van der Waals surface area contributed by atoms with E-state index in [0.29, 0.717) is 18.0 Å². The number of hydrogen-bond donors (Lipinski definition) is 1. The van der Waals surface area contributed by atoms with E-state index >= 15 is 0 Å². The van der Waals surface area contributed by atoms with Gasteiger partial charge in [0.05, 0.1) is 4.90 Å². The lowest BCUT2D eigenvalue weighted by Crippen LogP contribution is -2.44. The molecule has 0 aromatic heterocycles. The molecule has 1 atom stereocenters. The van der Waals surface area contributed by atoms with Crippen LogP contribution in [0.15, 0.2) is 21.5 Å². The first-order valence-corrected chi connectivity index (χ1v) is 10.3. The van der Waals surface area contributed by atoms with Crippen LogP contribution in [-0.4, -0.2) is 43.9 Å². The number of thioether (sulfide) groups is 1. The molecule has 1 saturated heterocycles. The van der Waals surface area contributed by atoms with Crippen molar-refractivity contribution < 1.29 is 8.42 Å². The molecule has 0 spiro atoms. The average Bonchev–Trinajstić information content (AvgIpc) is 2.43. The Labute approximate surface area is 139 Å². The van der Waals surface area contributed by atoms with Gasteiger partial charge in [-0.3, -0.25) is 0 Å². The molecule has 0 aliphatic carbocycles. The van der Waals surface area contributed by atoms with Gasteiger partial charge in [0.15, 0.2) is 0 Å². The van der Waals surface area contributed by atoms with Crippen molar-refractivity contribution in [3.05, 3.63) is 27.7 Å². The molecule has 0 radical (unpaired) electrons. The van der Waals surface area contributed by atoms with E-state index in [1.807, 2.05) is 38.7 Å². The molecular weight excluding hydrogens is 372 g/mol. The van der Waals surface area contributed by atoms with Crippen molar-refractivity contribution in [3.63, 3.8) is 0 Å². The third kappa shape index (κ3) is 3.64. The van der Waals surface area contributed by atoms with Gasteiger partial charge in [-0.2, -0.15) is 16.1 Å². The Morgan fingerprint density at radius 1 is 1.48 bits per heavy atom. The Hall–Kier alpha value is -0.0800. The van der Waals surface area contributed by atoms with Crippen molar-refractivity contribution in [2.75, 3.05) is 25.1 Å². The van der Waals surface area contributed by atoms with E-state index in [0.717, 1.165) is 27.1 Å². The molecule has 1 aromatic rings. The molecule has 1 heterocycles. The Balaban J connectivity index is 2.48. The fourth-order valence-corrected chi connectivity index (χ4v) is 6.27. The van der Waals surface area contributed by atoms with E-state index in [1.165, 1.54) is 0 Å². The summed E-state index contributed by atoms with van der Waals surface area (Å²) in [5, 5.41) is 3.07. The number of halogens is 1. The molecule has 1 aliphatic rings. The lowest BCUT2D eigenvalue weighted by molar-refractivity contribution is 0.367. The van der Waals surface area contributed by atoms with Gasteiger partial charge < -0.3 is 5.32 Å². The normalized spacial score (nSPS) is 20.7. The van der Waals surface area contributed by atoms with Gasteiger partial charge in [-0.25, -0.2) is 8.42 Å². The summed E-state index contributed by atoms with van der Waals surface area (Å²) in [6.45, 7) is 5.06. The van der Waals surface area contributed by atoms with Gasteiger partial charge in [-0.15, -0.1) is 0 Å². The van der Waals surface area contributed by atoms with Gasteiger partial charge in [0.25, 0.3) is 0 Å². The summed E-state index contributed by atoms with van der Waals surface area (Å²) in [5.74, 6) is 1.72. The number of benzene rings is 1. The number of hydrogen-bond acceptors (Lipinski definition) is 4. The van der Waals surface area contributed by atoms with E-state index in [-0.39, 0.29) is 6.04 Å². The van der Waals surface area contributed by atoms with Crippen LogP contribution >= 0.6 is 27.7 Å². The first kappa shape index (κ1) is 17.3. The smallest absolute Gasteiger partial charge is 0.243 e. The standard InChI is InChI=1S/C14H21BrN2O2S2/c1-10-9-20-5-4-17(10)21(18,19)14-7-12(8-16-3)6-13(15)11(14)2/h6-7,10,16H,4-5,8-9H2,1-3H3. The van der Waals surface area contributed by atoms with Gasteiger partial charge in [0.2, 0.25) is 10.0 Å². The Bertz CT molecular complexity index is 620. The average molecular weight is 393 g/mol. The van der Waals surface area contributed by atoms with Crippen LogP contribution in [0, 0.1) is 6.92 Å². The van der Waals surface area contributed by atoms with Crippen molar-refractivity contribution in [2.45, 2.75) is 31.3 Å². The number of rotatable bonds is 4. The summed E-state index contributed by atoms with van der Waals surface area (Å²) in [5.41, 5.74) is 1.74. The minimum atomic E-state index is -3.44. The van der Waals surface area contributed by atoms with Gasteiger partial charge >= 0.3 is 0 Å². The van der Waals surface area contributed by atoms with Crippen LogP contribution in [0.2, 0.25) is 0 Å². The summed E-state index contributed by atoms with van der Waals surface area (Å²) in [6.07, 6.45) is 0. The van der Waals surface area contributed by atoms with Crippen LogP contribution in [0.25, 0.3) is 0 Å². The minimum Gasteiger partial charge on any atom is -0.316 e. The highest BCUT2D eigenvalue weighted by Crippen LogP contribution is 2.30. The molecule has 1 aliphatic heterocycles. The molecule has 4 nitrogen and oxygen atoms in total. The Morgan fingerprint density at radius 3 is 2.81 bits per heavy atom. The maximum atomic E-state index is 13.0. The van der Waals surface area contributed by atoms with Gasteiger partial charge in [0, 0.05) is 35.1 Å². The zero-order chi connectivity index (χ0) is 15.6. The molecule has 0 saturated carbocycles. The van der Waals surface area contributed by atoms with Crippen LogP contribution in [0.1, 0.15) is 18.1 Å². The van der Waals surface area contributed by atoms with E-state index < -0.39 is 10.0 Å². The van der Waals surface area contributed by atoms with Crippen LogP contribution in [0.5, 0.6) is 0 Å². The third-order valence-corrected chi connectivity index (χ3v) is 7.78. The first-order chi connectivity index (χ1) is 9.87. The van der Waals surface area contributed by atoms with E-state index in [9.17, 15) is 8.42 Å². The first-order valence-electron chi connectivity index (χ1n) is 6.91. The fraction of sp³-hybridized carbons (Fsp3) is 0.571. The molecule has 21 heavy (non-hydrogen) atoms. The van der Waals surface area contributed by atoms with Gasteiger partial charge in [-0.05, 0) is 44.2 Å². The van der Waals surface area contributed by atoms with Gasteiger partial charge in [0.1, 0.15) is 0 Å². The van der Waals surface area contributed by atoms with E-state index in [4.69, 9.17) is 0 Å². The monoisotopic (exact) mass is 392 g/mol. The predicted octanol–water partition coefficient (Wildman–Crippen LogP) is 2.60. The third-order valence-electron chi connectivity index (χ3n) is 3.63. The SMILES string of the molecule is CNCc1cc(Br)c(C)c(S(=O)(=O)N2CCSCC2C)c1. The van der Waals surface area contributed by atoms with Crippen molar-refractivity contribution in [1.29, 1.82) is 0 Å². The van der Waals surface area contributed by atoms with E-state index in [2.05, 4.69) is 21.2 Å². The second kappa shape index (κ2) is 7.00. The Kier molecular flexibility index (Phi) is 5.76. The lowest BCUT2D eigenvalue weighted by Gasteiger charge is -2.32. The summed E-state index contributed by atoms with van der Waals surface area (Å²) in [7, 11) is -1.59. The van der Waals surface area contributed by atoms with Crippen LogP contribution in [-0.2, 0) is 16.6 Å². The zero-order valence-corrected chi connectivity index (χ0v) is 15.7.